The van der Waals surface area contributed by atoms with Gasteiger partial charge in [0.2, 0.25) is 5.91 Å². The Balaban J connectivity index is 1.73. The van der Waals surface area contributed by atoms with Crippen molar-refractivity contribution in [2.75, 3.05) is 0 Å². The monoisotopic (exact) mass is 444 g/mol. The Morgan fingerprint density at radius 1 is 1.07 bits per heavy atom. The van der Waals surface area contributed by atoms with Crippen LogP contribution in [0.15, 0.2) is 36.4 Å². The van der Waals surface area contributed by atoms with Gasteiger partial charge in [-0.25, -0.2) is 0 Å². The smallest absolute Gasteiger partial charge is 0.350 e. The topological polar surface area (TPSA) is 66.5 Å². The highest BCUT2D eigenvalue weighted by Crippen LogP contribution is 2.32. The summed E-state index contributed by atoms with van der Waals surface area (Å²) in [7, 11) is 0. The molecule has 3 rings (SSSR count). The maximum absolute atomic E-state index is 12.8. The van der Waals surface area contributed by atoms with Gasteiger partial charge in [-0.3, -0.25) is 19.3 Å². The van der Waals surface area contributed by atoms with Crippen LogP contribution < -0.4 is 5.32 Å². The van der Waals surface area contributed by atoms with E-state index in [1.54, 1.807) is 0 Å². The Hall–Kier alpha value is -2.58. The molecule has 1 atom stereocenters. The van der Waals surface area contributed by atoms with Crippen molar-refractivity contribution < 1.29 is 27.6 Å². The van der Waals surface area contributed by atoms with Gasteiger partial charge in [-0.15, -0.1) is 0 Å². The van der Waals surface area contributed by atoms with Gasteiger partial charge in [0.25, 0.3) is 11.8 Å². The molecular weight excluding hydrogens is 432 g/mol. The molecule has 1 unspecified atom stereocenters. The summed E-state index contributed by atoms with van der Waals surface area (Å²) in [4.78, 5) is 38.3. The summed E-state index contributed by atoms with van der Waals surface area (Å²) in [5.41, 5.74) is -0.559. The molecule has 29 heavy (non-hydrogen) atoms. The van der Waals surface area contributed by atoms with Gasteiger partial charge in [-0.1, -0.05) is 35.3 Å². The number of imide groups is 1. The van der Waals surface area contributed by atoms with Crippen molar-refractivity contribution in [3.63, 3.8) is 0 Å². The van der Waals surface area contributed by atoms with Gasteiger partial charge < -0.3 is 5.32 Å². The second-order valence-electron chi connectivity index (χ2n) is 6.38. The highest BCUT2D eigenvalue weighted by atomic mass is 35.5. The predicted molar refractivity (Wildman–Crippen MR) is 99.7 cm³/mol. The zero-order valence-electron chi connectivity index (χ0n) is 14.8. The molecule has 0 radical (unpaired) electrons. The second kappa shape index (κ2) is 7.68. The molecule has 3 amide bonds. The van der Waals surface area contributed by atoms with Crippen LogP contribution in [0.4, 0.5) is 13.2 Å². The fraction of sp³-hybridized carbons (Fsp3) is 0.211. The number of nitrogens with zero attached hydrogens (tertiary/aromatic N) is 1. The third-order valence-electron chi connectivity index (χ3n) is 4.45. The molecule has 1 aliphatic heterocycles. The highest BCUT2D eigenvalue weighted by molar-refractivity contribution is 6.43. The number of rotatable bonds is 4. The van der Waals surface area contributed by atoms with Crippen molar-refractivity contribution in [2.45, 2.75) is 25.7 Å². The van der Waals surface area contributed by atoms with Gasteiger partial charge in [-0.2, -0.15) is 13.2 Å². The Morgan fingerprint density at radius 2 is 1.62 bits per heavy atom. The number of halogens is 5. The summed E-state index contributed by atoms with van der Waals surface area (Å²) in [5.74, 6) is -2.11. The Bertz CT molecular complexity index is 983. The number of fused-ring (bicyclic) bond motifs is 1. The third kappa shape index (κ3) is 4.09. The Kier molecular flexibility index (Phi) is 5.60. The molecule has 1 N–H and O–H groups in total. The summed E-state index contributed by atoms with van der Waals surface area (Å²) in [6, 6.07) is 5.81. The molecule has 0 aliphatic carbocycles. The van der Waals surface area contributed by atoms with E-state index in [1.807, 2.05) is 0 Å². The van der Waals surface area contributed by atoms with Crippen molar-refractivity contribution in [3.8, 4) is 0 Å². The lowest BCUT2D eigenvalue weighted by molar-refractivity contribution is -0.137. The van der Waals surface area contributed by atoms with E-state index >= 15 is 0 Å². The second-order valence-corrected chi connectivity index (χ2v) is 7.20. The van der Waals surface area contributed by atoms with E-state index in [0.29, 0.717) is 0 Å². The lowest BCUT2D eigenvalue weighted by Crippen LogP contribution is -2.47. The fourth-order valence-corrected chi connectivity index (χ4v) is 3.24. The van der Waals surface area contributed by atoms with Crippen LogP contribution in [0.2, 0.25) is 10.0 Å². The third-order valence-corrected chi connectivity index (χ3v) is 5.17. The van der Waals surface area contributed by atoms with Gasteiger partial charge in [0, 0.05) is 6.54 Å². The lowest BCUT2D eigenvalue weighted by atomic mass is 10.1. The minimum atomic E-state index is -4.50. The number of hydrogen-bond acceptors (Lipinski definition) is 3. The molecule has 5 nitrogen and oxygen atoms in total. The first-order chi connectivity index (χ1) is 13.5. The summed E-state index contributed by atoms with van der Waals surface area (Å²) < 4.78 is 38.4. The van der Waals surface area contributed by atoms with Crippen molar-refractivity contribution in [2.24, 2.45) is 0 Å². The fourth-order valence-electron chi connectivity index (χ4n) is 2.92. The maximum atomic E-state index is 12.8. The van der Waals surface area contributed by atoms with Crippen LogP contribution in [0.5, 0.6) is 0 Å². The van der Waals surface area contributed by atoms with Crippen molar-refractivity contribution in [1.82, 2.24) is 10.2 Å². The minimum absolute atomic E-state index is 0.0296. The van der Waals surface area contributed by atoms with Gasteiger partial charge in [0.1, 0.15) is 6.04 Å². The SMILES string of the molecule is CC(C(=O)NCc1cccc(C(F)(F)F)c1)N1C(=O)c2cc(Cl)c(Cl)cc2C1=O. The van der Waals surface area contributed by atoms with E-state index in [4.69, 9.17) is 23.2 Å². The first-order valence-corrected chi connectivity index (χ1v) is 9.07. The standard InChI is InChI=1S/C19H13Cl2F3N2O3/c1-9(16(27)25-8-10-3-2-4-11(5-10)19(22,23)24)26-17(28)12-6-14(20)15(21)7-13(12)18(26)29/h2-7,9H,8H2,1H3,(H,25,27). The number of carbonyl (C=O) groups is 3. The lowest BCUT2D eigenvalue weighted by Gasteiger charge is -2.21. The number of amides is 3. The van der Waals surface area contributed by atoms with E-state index in [0.717, 1.165) is 17.0 Å². The minimum Gasteiger partial charge on any atom is -0.350 e. The summed E-state index contributed by atoms with van der Waals surface area (Å²) >= 11 is 11.8. The summed E-state index contributed by atoms with van der Waals surface area (Å²) in [6.45, 7) is 1.14. The first kappa shape index (κ1) is 21.1. The molecule has 152 valence electrons. The van der Waals surface area contributed by atoms with Crippen LogP contribution in [0, 0.1) is 0 Å². The van der Waals surface area contributed by atoms with Crippen molar-refractivity contribution in [1.29, 1.82) is 0 Å². The molecule has 2 aromatic rings. The molecule has 0 saturated carbocycles. The Labute approximate surface area is 173 Å². The number of carbonyl (C=O) groups excluding carboxylic acids is 3. The van der Waals surface area contributed by atoms with Crippen LogP contribution in [0.25, 0.3) is 0 Å². The molecule has 0 aromatic heterocycles. The van der Waals surface area contributed by atoms with Crippen LogP contribution in [0.3, 0.4) is 0 Å². The zero-order chi connectivity index (χ0) is 21.5. The quantitative estimate of drug-likeness (QED) is 0.714. The average molecular weight is 445 g/mol. The number of hydrogen-bond donors (Lipinski definition) is 1. The van der Waals surface area contributed by atoms with Crippen LogP contribution in [-0.2, 0) is 17.5 Å². The normalized spacial score (nSPS) is 14.8. The molecule has 0 fully saturated rings. The molecule has 1 heterocycles. The molecule has 0 spiro atoms. The highest BCUT2D eigenvalue weighted by Gasteiger charge is 2.41. The van der Waals surface area contributed by atoms with E-state index in [-0.39, 0.29) is 33.3 Å². The van der Waals surface area contributed by atoms with E-state index in [2.05, 4.69) is 5.32 Å². The molecule has 0 bridgehead atoms. The molecular formula is C19H13Cl2F3N2O3. The largest absolute Gasteiger partial charge is 0.416 e. The molecule has 10 heteroatoms. The van der Waals surface area contributed by atoms with Crippen LogP contribution in [-0.4, -0.2) is 28.7 Å². The van der Waals surface area contributed by atoms with Gasteiger partial charge in [-0.05, 0) is 36.8 Å². The zero-order valence-corrected chi connectivity index (χ0v) is 16.3. The van der Waals surface area contributed by atoms with Crippen LogP contribution >= 0.6 is 23.2 Å². The molecule has 1 aliphatic rings. The first-order valence-electron chi connectivity index (χ1n) is 8.31. The number of benzene rings is 2. The maximum Gasteiger partial charge on any atom is 0.416 e. The van der Waals surface area contributed by atoms with Crippen LogP contribution in [0.1, 0.15) is 38.8 Å². The molecule has 2 aromatic carbocycles. The average Bonchev–Trinajstić information content (AvgIpc) is 2.89. The van der Waals surface area contributed by atoms with Gasteiger partial charge in [0.05, 0.1) is 26.7 Å². The van der Waals surface area contributed by atoms with Gasteiger partial charge in [0.15, 0.2) is 0 Å². The Morgan fingerprint density at radius 3 is 2.14 bits per heavy atom. The number of nitrogens with one attached hydrogen (secondary N) is 1. The van der Waals surface area contributed by atoms with Gasteiger partial charge >= 0.3 is 6.18 Å². The number of alkyl halides is 3. The van der Waals surface area contributed by atoms with E-state index in [9.17, 15) is 27.6 Å². The summed E-state index contributed by atoms with van der Waals surface area (Å²) in [5, 5.41) is 2.63. The summed E-state index contributed by atoms with van der Waals surface area (Å²) in [6.07, 6.45) is -4.50. The predicted octanol–water partition coefficient (Wildman–Crippen LogP) is 4.31. The van der Waals surface area contributed by atoms with Crippen molar-refractivity contribution >= 4 is 40.9 Å². The van der Waals surface area contributed by atoms with Crippen molar-refractivity contribution in [3.05, 3.63) is 68.7 Å². The van der Waals surface area contributed by atoms with E-state index in [1.165, 1.54) is 31.2 Å². The molecule has 0 saturated heterocycles. The van der Waals surface area contributed by atoms with E-state index < -0.39 is 35.5 Å².